The van der Waals surface area contributed by atoms with Gasteiger partial charge in [-0.1, -0.05) is 0 Å². The molecule has 0 amide bonds. The Bertz CT molecular complexity index is 401. The monoisotopic (exact) mass is 270 g/mol. The molecule has 2 aliphatic rings. The molecule has 17 heavy (non-hydrogen) atoms. The molecule has 2 fully saturated rings. The van der Waals surface area contributed by atoms with E-state index < -0.39 is 0 Å². The molecule has 2 aliphatic heterocycles. The summed E-state index contributed by atoms with van der Waals surface area (Å²) in [7, 11) is 2.19. The number of thiazole rings is 1. The van der Waals surface area contributed by atoms with Crippen LogP contribution in [0.5, 0.6) is 0 Å². The molecule has 0 bridgehead atoms. The van der Waals surface area contributed by atoms with Crippen molar-refractivity contribution in [1.29, 1.82) is 0 Å². The predicted molar refractivity (Wildman–Crippen MR) is 72.7 cm³/mol. The van der Waals surface area contributed by atoms with Gasteiger partial charge >= 0.3 is 0 Å². The second-order valence-corrected chi connectivity index (χ2v) is 7.71. The minimum Gasteiger partial charge on any atom is -0.371 e. The number of aromatic nitrogens is 1. The van der Waals surface area contributed by atoms with Crippen LogP contribution in [-0.4, -0.2) is 46.6 Å². The molecule has 0 saturated carbocycles. The maximum atomic E-state index is 5.97. The third-order valence-electron chi connectivity index (χ3n) is 3.42. The number of thioether (sulfide) groups is 1. The van der Waals surface area contributed by atoms with E-state index in [-0.39, 0.29) is 0 Å². The van der Waals surface area contributed by atoms with E-state index in [2.05, 4.69) is 34.1 Å². The fourth-order valence-corrected chi connectivity index (χ4v) is 5.02. The van der Waals surface area contributed by atoms with Gasteiger partial charge in [0.05, 0.1) is 23.4 Å². The van der Waals surface area contributed by atoms with Crippen LogP contribution in [0.15, 0.2) is 5.38 Å². The van der Waals surface area contributed by atoms with Gasteiger partial charge in [-0.2, -0.15) is 0 Å². The van der Waals surface area contributed by atoms with Gasteiger partial charge in [0.25, 0.3) is 0 Å². The summed E-state index contributed by atoms with van der Waals surface area (Å²) in [6, 6.07) is 0. The Morgan fingerprint density at radius 2 is 2.41 bits per heavy atom. The van der Waals surface area contributed by atoms with Gasteiger partial charge in [-0.05, 0) is 20.4 Å². The Balaban J connectivity index is 1.48. The van der Waals surface area contributed by atoms with Crippen LogP contribution in [0, 0.1) is 6.92 Å². The van der Waals surface area contributed by atoms with Gasteiger partial charge < -0.3 is 9.64 Å². The molecule has 0 radical (unpaired) electrons. The van der Waals surface area contributed by atoms with Crippen molar-refractivity contribution in [2.24, 2.45) is 0 Å². The quantitative estimate of drug-likeness (QED) is 0.840. The molecule has 5 heteroatoms. The van der Waals surface area contributed by atoms with Crippen molar-refractivity contribution >= 4 is 23.1 Å². The van der Waals surface area contributed by atoms with E-state index in [4.69, 9.17) is 4.74 Å². The zero-order valence-corrected chi connectivity index (χ0v) is 11.9. The van der Waals surface area contributed by atoms with Crippen molar-refractivity contribution in [3.8, 4) is 0 Å². The lowest BCUT2D eigenvalue weighted by Crippen LogP contribution is -2.56. The van der Waals surface area contributed by atoms with E-state index in [1.165, 1.54) is 19.5 Å². The van der Waals surface area contributed by atoms with Crippen LogP contribution in [-0.2, 0) is 11.3 Å². The lowest BCUT2D eigenvalue weighted by atomic mass is 9.94. The molecule has 0 N–H and O–H groups in total. The van der Waals surface area contributed by atoms with E-state index in [1.807, 2.05) is 6.92 Å². The molecule has 1 atom stereocenters. The highest BCUT2D eigenvalue weighted by molar-refractivity contribution is 8.01. The largest absolute Gasteiger partial charge is 0.371 e. The number of likely N-dealkylation sites (tertiary alicyclic amines) is 1. The van der Waals surface area contributed by atoms with Crippen LogP contribution in [0.2, 0.25) is 0 Å². The van der Waals surface area contributed by atoms with Crippen molar-refractivity contribution in [3.05, 3.63) is 16.1 Å². The third kappa shape index (κ3) is 2.52. The topological polar surface area (TPSA) is 25.4 Å². The summed E-state index contributed by atoms with van der Waals surface area (Å²) in [6.07, 6.45) is 1.64. The Labute approximate surface area is 111 Å². The van der Waals surface area contributed by atoms with Crippen molar-refractivity contribution < 1.29 is 4.74 Å². The molecule has 0 aliphatic carbocycles. The van der Waals surface area contributed by atoms with E-state index in [9.17, 15) is 0 Å². The Kier molecular flexibility index (Phi) is 3.19. The van der Waals surface area contributed by atoms with Crippen molar-refractivity contribution in [2.75, 3.05) is 25.9 Å². The van der Waals surface area contributed by atoms with Crippen LogP contribution >= 0.6 is 23.1 Å². The Hall–Kier alpha value is -0.100. The summed E-state index contributed by atoms with van der Waals surface area (Å²) >= 11 is 3.80. The van der Waals surface area contributed by atoms with E-state index in [0.29, 0.717) is 17.5 Å². The van der Waals surface area contributed by atoms with Gasteiger partial charge in [-0.15, -0.1) is 23.1 Å². The van der Waals surface area contributed by atoms with Crippen LogP contribution in [0.1, 0.15) is 17.1 Å². The van der Waals surface area contributed by atoms with Gasteiger partial charge in [0.2, 0.25) is 0 Å². The maximum absolute atomic E-state index is 5.97. The molecule has 0 unspecified atom stereocenters. The smallest absolute Gasteiger partial charge is 0.0900 e. The van der Waals surface area contributed by atoms with Gasteiger partial charge in [-0.3, -0.25) is 0 Å². The minimum absolute atomic E-state index is 0.427. The van der Waals surface area contributed by atoms with Crippen LogP contribution in [0.3, 0.4) is 0 Å². The highest BCUT2D eigenvalue weighted by Crippen LogP contribution is 2.45. The van der Waals surface area contributed by atoms with E-state index >= 15 is 0 Å². The summed E-state index contributed by atoms with van der Waals surface area (Å²) in [5, 5.41) is 3.23. The van der Waals surface area contributed by atoms with Crippen molar-refractivity contribution in [1.82, 2.24) is 9.88 Å². The van der Waals surface area contributed by atoms with Crippen LogP contribution in [0.4, 0.5) is 0 Å². The SMILES string of the molecule is Cc1nc(CO[C@@H]2CSC3(C2)CN(C)C3)cs1. The fraction of sp³-hybridized carbons (Fsp3) is 0.750. The summed E-state index contributed by atoms with van der Waals surface area (Å²) in [6.45, 7) is 5.18. The standard InChI is InChI=1S/C12H18N2OS2/c1-9-13-10(5-16-9)4-15-11-3-12(17-6-11)7-14(2)8-12/h5,11H,3-4,6-8H2,1-2H3/t11-/m0/s1. The summed E-state index contributed by atoms with van der Waals surface area (Å²) in [5.74, 6) is 1.15. The predicted octanol–water partition coefficient (Wildman–Crippen LogP) is 2.16. The fourth-order valence-electron chi connectivity index (χ4n) is 2.75. The first kappa shape index (κ1) is 12.0. The Morgan fingerprint density at radius 1 is 1.59 bits per heavy atom. The van der Waals surface area contributed by atoms with Crippen molar-refractivity contribution in [2.45, 2.75) is 30.8 Å². The Morgan fingerprint density at radius 3 is 3.06 bits per heavy atom. The normalized spacial score (nSPS) is 27.5. The number of nitrogens with zero attached hydrogens (tertiary/aromatic N) is 2. The minimum atomic E-state index is 0.427. The first-order valence-corrected chi connectivity index (χ1v) is 7.87. The molecule has 94 valence electrons. The average Bonchev–Trinajstić information content (AvgIpc) is 2.82. The summed E-state index contributed by atoms with van der Waals surface area (Å²) in [5.41, 5.74) is 1.09. The van der Waals surface area contributed by atoms with Gasteiger partial charge in [0.1, 0.15) is 0 Å². The molecule has 1 aromatic heterocycles. The van der Waals surface area contributed by atoms with Crippen LogP contribution in [0.25, 0.3) is 0 Å². The first-order chi connectivity index (χ1) is 8.15. The molecule has 0 aromatic carbocycles. The highest BCUT2D eigenvalue weighted by atomic mass is 32.2. The summed E-state index contributed by atoms with van der Waals surface area (Å²) in [4.78, 5) is 6.82. The second-order valence-electron chi connectivity index (χ2n) is 5.16. The maximum Gasteiger partial charge on any atom is 0.0900 e. The number of ether oxygens (including phenoxy) is 1. The van der Waals surface area contributed by atoms with Gasteiger partial charge in [-0.25, -0.2) is 4.98 Å². The highest BCUT2D eigenvalue weighted by Gasteiger charge is 2.47. The van der Waals surface area contributed by atoms with Gasteiger partial charge in [0, 0.05) is 29.0 Å². The van der Waals surface area contributed by atoms with E-state index in [0.717, 1.165) is 16.5 Å². The lowest BCUT2D eigenvalue weighted by molar-refractivity contribution is 0.0319. The molecular formula is C12H18N2OS2. The van der Waals surface area contributed by atoms with E-state index in [1.54, 1.807) is 11.3 Å². The second kappa shape index (κ2) is 4.53. The number of aryl methyl sites for hydroxylation is 1. The molecule has 1 aromatic rings. The lowest BCUT2D eigenvalue weighted by Gasteiger charge is -2.45. The number of hydrogen-bond donors (Lipinski definition) is 0. The zero-order valence-electron chi connectivity index (χ0n) is 10.3. The molecule has 3 nitrogen and oxygen atoms in total. The first-order valence-electron chi connectivity index (χ1n) is 6.00. The van der Waals surface area contributed by atoms with Crippen LogP contribution < -0.4 is 0 Å². The average molecular weight is 270 g/mol. The molecule has 3 rings (SSSR count). The third-order valence-corrected chi connectivity index (χ3v) is 5.82. The molecular weight excluding hydrogens is 252 g/mol. The van der Waals surface area contributed by atoms with Crippen molar-refractivity contribution in [3.63, 3.8) is 0 Å². The molecule has 3 heterocycles. The number of hydrogen-bond acceptors (Lipinski definition) is 5. The number of rotatable bonds is 3. The molecule has 1 spiro atoms. The zero-order chi connectivity index (χ0) is 11.9. The van der Waals surface area contributed by atoms with Gasteiger partial charge in [0.15, 0.2) is 0 Å². The summed E-state index contributed by atoms with van der Waals surface area (Å²) < 4.78 is 6.48. The molecule has 2 saturated heterocycles.